The maximum absolute atomic E-state index is 10.8. The largest absolute Gasteiger partial charge is 0.497 e. The van der Waals surface area contributed by atoms with Crippen molar-refractivity contribution in [2.45, 2.75) is 74.7 Å². The van der Waals surface area contributed by atoms with Crippen molar-refractivity contribution in [2.24, 2.45) is 5.92 Å². The average Bonchev–Trinajstić information content (AvgIpc) is 3.41. The van der Waals surface area contributed by atoms with Crippen molar-refractivity contribution >= 4 is 12.6 Å². The van der Waals surface area contributed by atoms with Crippen LogP contribution in [0.5, 0.6) is 5.75 Å². The smallest absolute Gasteiger partial charge is 0.119 e. The van der Waals surface area contributed by atoms with Crippen molar-refractivity contribution in [1.29, 1.82) is 0 Å². The fourth-order valence-corrected chi connectivity index (χ4v) is 5.62. The Morgan fingerprint density at radius 3 is 2.88 bits per heavy atom. The molecular weight excluding hydrogens is 342 g/mol. The van der Waals surface area contributed by atoms with Gasteiger partial charge < -0.3 is 9.84 Å². The molecule has 2 fully saturated rings. The molecule has 144 valence electrons. The monoisotopic (exact) mass is 375 g/mol. The van der Waals surface area contributed by atoms with Gasteiger partial charge in [0.1, 0.15) is 5.75 Å². The molecule has 1 aliphatic heterocycles. The molecule has 0 radical (unpaired) electrons. The van der Waals surface area contributed by atoms with Gasteiger partial charge in [0.2, 0.25) is 0 Å². The minimum atomic E-state index is -0.282. The molecule has 1 aromatic rings. The maximum Gasteiger partial charge on any atom is 0.119 e. The number of methoxy groups -OCH3 is 1. The van der Waals surface area contributed by atoms with Gasteiger partial charge in [-0.2, -0.15) is 12.6 Å². The topological polar surface area (TPSA) is 32.7 Å². The summed E-state index contributed by atoms with van der Waals surface area (Å²) < 4.78 is 5.53. The fraction of sp³-hybridized carbons (Fsp3) is 0.727. The van der Waals surface area contributed by atoms with Gasteiger partial charge in [-0.1, -0.05) is 13.0 Å². The van der Waals surface area contributed by atoms with E-state index in [2.05, 4.69) is 42.7 Å². The second-order valence-electron chi connectivity index (χ2n) is 9.00. The summed E-state index contributed by atoms with van der Waals surface area (Å²) in [4.78, 5) is 2.75. The molecular formula is C22H33NO2S. The molecule has 3 unspecified atom stereocenters. The third kappa shape index (κ3) is 3.79. The highest BCUT2D eigenvalue weighted by atomic mass is 32.1. The number of rotatable bonds is 7. The Hall–Kier alpha value is -0.710. The lowest BCUT2D eigenvalue weighted by molar-refractivity contribution is 0.0384. The van der Waals surface area contributed by atoms with Gasteiger partial charge >= 0.3 is 0 Å². The Balaban J connectivity index is 1.63. The van der Waals surface area contributed by atoms with Gasteiger partial charge in [0, 0.05) is 23.3 Å². The highest BCUT2D eigenvalue weighted by Gasteiger charge is 2.47. The Bertz CT molecular complexity index is 645. The summed E-state index contributed by atoms with van der Waals surface area (Å²) in [5.41, 5.74) is 2.99. The van der Waals surface area contributed by atoms with E-state index in [-0.39, 0.29) is 16.8 Å². The van der Waals surface area contributed by atoms with Crippen LogP contribution in [0.2, 0.25) is 0 Å². The van der Waals surface area contributed by atoms with Crippen LogP contribution >= 0.6 is 12.6 Å². The van der Waals surface area contributed by atoms with E-state index in [4.69, 9.17) is 4.74 Å². The summed E-state index contributed by atoms with van der Waals surface area (Å²) in [6.45, 7) is 4.52. The number of hydrogen-bond donors (Lipinski definition) is 2. The van der Waals surface area contributed by atoms with Crippen molar-refractivity contribution in [3.63, 3.8) is 0 Å². The first-order valence-electron chi connectivity index (χ1n) is 10.3. The number of piperidine rings is 1. The van der Waals surface area contributed by atoms with Crippen LogP contribution < -0.4 is 4.74 Å². The Kier molecular flexibility index (Phi) is 5.28. The normalized spacial score (nSPS) is 30.5. The Morgan fingerprint density at radius 1 is 1.38 bits per heavy atom. The van der Waals surface area contributed by atoms with Crippen LogP contribution in [0.25, 0.3) is 0 Å². The molecule has 4 heteroatoms. The van der Waals surface area contributed by atoms with Gasteiger partial charge in [0.05, 0.1) is 13.2 Å². The van der Waals surface area contributed by atoms with Crippen LogP contribution in [-0.2, 0) is 11.8 Å². The fourth-order valence-electron chi connectivity index (χ4n) is 5.37. The molecule has 3 aliphatic rings. The number of fused-ring (bicyclic) bond motifs is 4. The number of hydrogen-bond acceptors (Lipinski definition) is 4. The van der Waals surface area contributed by atoms with Gasteiger partial charge in [-0.25, -0.2) is 0 Å². The molecule has 4 rings (SSSR count). The molecule has 0 amide bonds. The number of thiol groups is 1. The summed E-state index contributed by atoms with van der Waals surface area (Å²) in [7, 11) is 1.75. The van der Waals surface area contributed by atoms with Crippen molar-refractivity contribution in [2.75, 3.05) is 20.2 Å². The first-order chi connectivity index (χ1) is 12.5. The second-order valence-corrected chi connectivity index (χ2v) is 9.88. The summed E-state index contributed by atoms with van der Waals surface area (Å²) in [6.07, 6.45) is 7.64. The third-order valence-electron chi connectivity index (χ3n) is 6.79. The molecule has 3 nitrogen and oxygen atoms in total. The minimum absolute atomic E-state index is 0.0922. The van der Waals surface area contributed by atoms with Crippen molar-refractivity contribution in [1.82, 2.24) is 4.90 Å². The number of aliphatic hydroxyl groups excluding tert-OH is 1. The van der Waals surface area contributed by atoms with E-state index in [1.54, 1.807) is 7.11 Å². The predicted molar refractivity (Wildman–Crippen MR) is 109 cm³/mol. The van der Waals surface area contributed by atoms with Crippen molar-refractivity contribution in [3.05, 3.63) is 29.3 Å². The van der Waals surface area contributed by atoms with Crippen LogP contribution in [-0.4, -0.2) is 47.6 Å². The minimum Gasteiger partial charge on any atom is -0.497 e. The first kappa shape index (κ1) is 18.6. The van der Waals surface area contributed by atoms with Crippen molar-refractivity contribution < 1.29 is 9.84 Å². The maximum atomic E-state index is 10.8. The second kappa shape index (κ2) is 7.37. The molecule has 1 aromatic carbocycles. The van der Waals surface area contributed by atoms with E-state index < -0.39 is 0 Å². The van der Waals surface area contributed by atoms with Crippen LogP contribution in [0.15, 0.2) is 18.2 Å². The molecule has 4 atom stereocenters. The van der Waals surface area contributed by atoms with Gasteiger partial charge in [-0.15, -0.1) is 0 Å². The molecule has 1 saturated heterocycles. The zero-order valence-electron chi connectivity index (χ0n) is 16.2. The van der Waals surface area contributed by atoms with Crippen LogP contribution in [0.4, 0.5) is 0 Å². The molecule has 0 aromatic heterocycles. The quantitative estimate of drug-likeness (QED) is 0.711. The van der Waals surface area contributed by atoms with E-state index in [0.29, 0.717) is 6.04 Å². The first-order valence-corrected chi connectivity index (χ1v) is 10.8. The summed E-state index contributed by atoms with van der Waals surface area (Å²) in [5, 5.41) is 11.0. The lowest BCUT2D eigenvalue weighted by Crippen LogP contribution is -2.54. The summed E-state index contributed by atoms with van der Waals surface area (Å²) in [6, 6.07) is 7.25. The van der Waals surface area contributed by atoms with Crippen LogP contribution in [0.3, 0.4) is 0 Å². The Morgan fingerprint density at radius 2 is 2.19 bits per heavy atom. The van der Waals surface area contributed by atoms with Crippen LogP contribution in [0, 0.1) is 5.92 Å². The van der Waals surface area contributed by atoms with Crippen molar-refractivity contribution in [3.8, 4) is 5.75 Å². The van der Waals surface area contributed by atoms with E-state index in [9.17, 15) is 5.11 Å². The molecule has 2 bridgehead atoms. The van der Waals surface area contributed by atoms with Gasteiger partial charge in [0.25, 0.3) is 0 Å². The Labute approximate surface area is 163 Å². The molecule has 1 heterocycles. The molecule has 1 saturated carbocycles. The number of nitrogens with zero attached hydrogens (tertiary/aromatic N) is 1. The lowest BCUT2D eigenvalue weighted by atomic mass is 9.61. The standard InChI is InChI=1S/C22H33NO2S/c1-15(26)9-19(24)13-22-7-8-23(14-16-3-4-16)18(12-22)10-17-5-6-20(25-2)11-21(17)22/h5-6,11,15-16,18-19,24,26H,3-4,7-10,12-14H2,1-2H3/t15?,18?,19?,22-/m1/s1. The van der Waals surface area contributed by atoms with E-state index in [0.717, 1.165) is 37.4 Å². The number of benzene rings is 1. The number of aliphatic hydroxyl groups is 1. The average molecular weight is 376 g/mol. The van der Waals surface area contributed by atoms with E-state index in [1.165, 1.54) is 43.5 Å². The number of likely N-dealkylation sites (tertiary alicyclic amines) is 1. The van der Waals surface area contributed by atoms with Crippen LogP contribution in [0.1, 0.15) is 56.6 Å². The van der Waals surface area contributed by atoms with Gasteiger partial charge in [-0.05, 0) is 80.7 Å². The van der Waals surface area contributed by atoms with Gasteiger partial charge in [0.15, 0.2) is 0 Å². The summed E-state index contributed by atoms with van der Waals surface area (Å²) >= 11 is 4.50. The lowest BCUT2D eigenvalue weighted by Gasteiger charge is -2.52. The summed E-state index contributed by atoms with van der Waals surface area (Å²) in [5.74, 6) is 1.88. The van der Waals surface area contributed by atoms with Gasteiger partial charge in [-0.3, -0.25) is 4.90 Å². The highest BCUT2D eigenvalue weighted by Crippen LogP contribution is 2.49. The molecule has 0 spiro atoms. The van der Waals surface area contributed by atoms with E-state index >= 15 is 0 Å². The SMILES string of the molecule is COc1ccc2c(c1)[C@]1(CC(O)CC(C)S)CCN(CC3CC3)C(C2)C1. The third-order valence-corrected chi connectivity index (χ3v) is 7.00. The number of ether oxygens (including phenoxy) is 1. The molecule has 26 heavy (non-hydrogen) atoms. The molecule has 2 aliphatic carbocycles. The van der Waals surface area contributed by atoms with E-state index in [1.807, 2.05) is 0 Å². The zero-order chi connectivity index (χ0) is 18.3. The molecule has 1 N–H and O–H groups in total. The predicted octanol–water partition coefficient (Wildman–Crippen LogP) is 3.82. The zero-order valence-corrected chi connectivity index (χ0v) is 17.0. The highest BCUT2D eigenvalue weighted by molar-refractivity contribution is 7.80.